The summed E-state index contributed by atoms with van der Waals surface area (Å²) in [5.41, 5.74) is 3.33. The molecule has 0 aliphatic rings. The number of nitrogens with one attached hydrogen (secondary N) is 1. The number of aromatic hydroxyl groups is 1. The van der Waals surface area contributed by atoms with Gasteiger partial charge in [-0.25, -0.2) is 10.1 Å². The summed E-state index contributed by atoms with van der Waals surface area (Å²) in [5.74, 6) is -0.431. The molecule has 2 N–H and O–H groups in total. The second-order valence-corrected chi connectivity index (χ2v) is 6.84. The van der Waals surface area contributed by atoms with Crippen molar-refractivity contribution >= 4 is 33.2 Å². The standard InChI is InChI=1S/C23H20N4O3/c1-3-27-23(30)19-11-7-6-10-18(19)20(26-27)22(29)25-24-14(2)16-13-12-15-8-4-5-9-17(15)21(16)28/h4-13,28H,3H2,1-2H3,(H,25,29)/b24-14+. The van der Waals surface area contributed by atoms with Crippen LogP contribution in [-0.2, 0) is 6.54 Å². The molecule has 3 aromatic carbocycles. The second kappa shape index (κ2) is 7.79. The molecule has 0 saturated carbocycles. The van der Waals surface area contributed by atoms with Gasteiger partial charge in [0.15, 0.2) is 5.69 Å². The first-order valence-corrected chi connectivity index (χ1v) is 9.57. The summed E-state index contributed by atoms with van der Waals surface area (Å²) < 4.78 is 1.25. The molecular formula is C23H20N4O3. The molecule has 150 valence electrons. The molecule has 7 nitrogen and oxygen atoms in total. The van der Waals surface area contributed by atoms with Crippen LogP contribution < -0.4 is 11.0 Å². The molecule has 0 spiro atoms. The molecule has 0 aliphatic heterocycles. The number of phenolic OH excluding ortho intramolecular Hbond substituents is 1. The lowest BCUT2D eigenvalue weighted by Gasteiger charge is -2.10. The molecule has 4 rings (SSSR count). The fraction of sp³-hybridized carbons (Fsp3) is 0.130. The highest BCUT2D eigenvalue weighted by atomic mass is 16.3. The van der Waals surface area contributed by atoms with Gasteiger partial charge in [0, 0.05) is 22.9 Å². The number of hydrazone groups is 1. The minimum Gasteiger partial charge on any atom is -0.507 e. The van der Waals surface area contributed by atoms with Crippen LogP contribution >= 0.6 is 0 Å². The monoisotopic (exact) mass is 400 g/mol. The minimum absolute atomic E-state index is 0.103. The molecule has 0 fully saturated rings. The Balaban J connectivity index is 1.70. The first kappa shape index (κ1) is 19.3. The number of aryl methyl sites for hydroxylation is 1. The van der Waals surface area contributed by atoms with Crippen molar-refractivity contribution in [1.82, 2.24) is 15.2 Å². The van der Waals surface area contributed by atoms with Crippen molar-refractivity contribution in [2.24, 2.45) is 5.10 Å². The highest BCUT2D eigenvalue weighted by molar-refractivity contribution is 6.08. The largest absolute Gasteiger partial charge is 0.507 e. The van der Waals surface area contributed by atoms with E-state index in [1.807, 2.05) is 30.3 Å². The number of benzene rings is 3. The lowest BCUT2D eigenvalue weighted by atomic mass is 10.0. The first-order valence-electron chi connectivity index (χ1n) is 9.57. The molecular weight excluding hydrogens is 380 g/mol. The summed E-state index contributed by atoms with van der Waals surface area (Å²) in [5, 5.41) is 21.5. The van der Waals surface area contributed by atoms with Crippen LogP contribution in [0.15, 0.2) is 70.6 Å². The molecule has 1 heterocycles. The van der Waals surface area contributed by atoms with E-state index in [1.165, 1.54) is 4.68 Å². The van der Waals surface area contributed by atoms with E-state index >= 15 is 0 Å². The average molecular weight is 400 g/mol. The van der Waals surface area contributed by atoms with E-state index < -0.39 is 5.91 Å². The Labute approximate surface area is 172 Å². The zero-order valence-electron chi connectivity index (χ0n) is 16.6. The van der Waals surface area contributed by atoms with Gasteiger partial charge in [-0.1, -0.05) is 48.5 Å². The number of rotatable bonds is 4. The zero-order valence-corrected chi connectivity index (χ0v) is 16.6. The van der Waals surface area contributed by atoms with Crippen LogP contribution in [0.25, 0.3) is 21.5 Å². The summed E-state index contributed by atoms with van der Waals surface area (Å²) in [6.45, 7) is 3.83. The molecule has 0 radical (unpaired) electrons. The van der Waals surface area contributed by atoms with Crippen molar-refractivity contribution in [3.05, 3.63) is 82.3 Å². The van der Waals surface area contributed by atoms with Crippen molar-refractivity contribution in [3.63, 3.8) is 0 Å². The average Bonchev–Trinajstić information content (AvgIpc) is 2.78. The smallest absolute Gasteiger partial charge is 0.292 e. The van der Waals surface area contributed by atoms with Gasteiger partial charge in [-0.15, -0.1) is 0 Å². The van der Waals surface area contributed by atoms with Gasteiger partial charge in [0.25, 0.3) is 11.5 Å². The summed E-state index contributed by atoms with van der Waals surface area (Å²) in [4.78, 5) is 25.3. The quantitative estimate of drug-likeness (QED) is 0.405. The topological polar surface area (TPSA) is 96.6 Å². The van der Waals surface area contributed by atoms with Gasteiger partial charge in [0.2, 0.25) is 0 Å². The second-order valence-electron chi connectivity index (χ2n) is 6.84. The van der Waals surface area contributed by atoms with Gasteiger partial charge in [-0.2, -0.15) is 10.2 Å². The van der Waals surface area contributed by atoms with Gasteiger partial charge >= 0.3 is 0 Å². The number of carbonyl (C=O) groups is 1. The van der Waals surface area contributed by atoms with Gasteiger partial charge in [0.05, 0.1) is 11.1 Å². The number of hydrogen-bond donors (Lipinski definition) is 2. The molecule has 7 heteroatoms. The normalized spacial score (nSPS) is 11.7. The van der Waals surface area contributed by atoms with Gasteiger partial charge in [-0.3, -0.25) is 9.59 Å². The van der Waals surface area contributed by atoms with Crippen LogP contribution in [-0.4, -0.2) is 26.5 Å². The minimum atomic E-state index is -0.534. The number of hydrogen-bond acceptors (Lipinski definition) is 5. The highest BCUT2D eigenvalue weighted by Gasteiger charge is 2.16. The molecule has 0 atom stereocenters. The fourth-order valence-electron chi connectivity index (χ4n) is 3.41. The highest BCUT2D eigenvalue weighted by Crippen LogP contribution is 2.28. The molecule has 4 aromatic rings. The van der Waals surface area contributed by atoms with Crippen molar-refractivity contribution < 1.29 is 9.90 Å². The Morgan fingerprint density at radius 3 is 2.43 bits per heavy atom. The maximum Gasteiger partial charge on any atom is 0.292 e. The van der Waals surface area contributed by atoms with Crippen LogP contribution in [0.5, 0.6) is 5.75 Å². The predicted molar refractivity (Wildman–Crippen MR) is 117 cm³/mol. The third-order valence-corrected chi connectivity index (χ3v) is 5.00. The number of phenols is 1. The van der Waals surface area contributed by atoms with E-state index in [4.69, 9.17) is 0 Å². The summed E-state index contributed by atoms with van der Waals surface area (Å²) in [6, 6.07) is 18.0. The summed E-state index contributed by atoms with van der Waals surface area (Å²) >= 11 is 0. The predicted octanol–water partition coefficient (Wildman–Crippen LogP) is 3.43. The van der Waals surface area contributed by atoms with E-state index in [0.717, 1.165) is 5.39 Å². The molecule has 0 saturated heterocycles. The molecule has 30 heavy (non-hydrogen) atoms. The fourth-order valence-corrected chi connectivity index (χ4v) is 3.41. The Bertz CT molecular complexity index is 1370. The maximum absolute atomic E-state index is 12.8. The zero-order chi connectivity index (χ0) is 21.3. The first-order chi connectivity index (χ1) is 14.5. The molecule has 0 aliphatic carbocycles. The van der Waals surface area contributed by atoms with Crippen LogP contribution in [0.3, 0.4) is 0 Å². The van der Waals surface area contributed by atoms with Crippen LogP contribution in [0.4, 0.5) is 0 Å². The molecule has 0 bridgehead atoms. The number of nitrogens with zero attached hydrogens (tertiary/aromatic N) is 3. The Morgan fingerprint density at radius 1 is 1.03 bits per heavy atom. The third-order valence-electron chi connectivity index (χ3n) is 5.00. The molecule has 1 aromatic heterocycles. The Morgan fingerprint density at radius 2 is 1.70 bits per heavy atom. The maximum atomic E-state index is 12.8. The SMILES string of the molecule is CCn1nc(C(=O)N/N=C(\C)c2ccc3ccccc3c2O)c2ccccc2c1=O. The Hall–Kier alpha value is -4.00. The molecule has 1 amide bonds. The number of carbonyl (C=O) groups excluding carboxylic acids is 1. The van der Waals surface area contributed by atoms with Gasteiger partial charge in [-0.05, 0) is 31.4 Å². The lowest BCUT2D eigenvalue weighted by Crippen LogP contribution is -2.28. The van der Waals surface area contributed by atoms with Crippen molar-refractivity contribution in [3.8, 4) is 5.75 Å². The summed E-state index contributed by atoms with van der Waals surface area (Å²) in [6.07, 6.45) is 0. The van der Waals surface area contributed by atoms with E-state index in [9.17, 15) is 14.7 Å². The van der Waals surface area contributed by atoms with E-state index in [0.29, 0.717) is 34.0 Å². The van der Waals surface area contributed by atoms with Crippen LogP contribution in [0, 0.1) is 0 Å². The van der Waals surface area contributed by atoms with E-state index in [2.05, 4.69) is 15.6 Å². The van der Waals surface area contributed by atoms with Crippen molar-refractivity contribution in [2.75, 3.05) is 0 Å². The van der Waals surface area contributed by atoms with Crippen LogP contribution in [0.1, 0.15) is 29.9 Å². The summed E-state index contributed by atoms with van der Waals surface area (Å²) in [7, 11) is 0. The van der Waals surface area contributed by atoms with Crippen LogP contribution in [0.2, 0.25) is 0 Å². The van der Waals surface area contributed by atoms with Gasteiger partial charge < -0.3 is 5.11 Å². The van der Waals surface area contributed by atoms with Crippen molar-refractivity contribution in [1.29, 1.82) is 0 Å². The lowest BCUT2D eigenvalue weighted by molar-refractivity contribution is 0.0949. The number of aromatic nitrogens is 2. The van der Waals surface area contributed by atoms with Crippen molar-refractivity contribution in [2.45, 2.75) is 20.4 Å². The van der Waals surface area contributed by atoms with E-state index in [-0.39, 0.29) is 17.0 Å². The van der Waals surface area contributed by atoms with E-state index in [1.54, 1.807) is 44.2 Å². The number of amides is 1. The van der Waals surface area contributed by atoms with Gasteiger partial charge in [0.1, 0.15) is 5.75 Å². The molecule has 0 unspecified atom stereocenters. The number of fused-ring (bicyclic) bond motifs is 2. The Kier molecular flexibility index (Phi) is 5.02. The third kappa shape index (κ3) is 3.30.